The van der Waals surface area contributed by atoms with Gasteiger partial charge < -0.3 is 5.73 Å². The first kappa shape index (κ1) is 20.9. The Morgan fingerprint density at radius 3 is 2.09 bits per heavy atom. The van der Waals surface area contributed by atoms with E-state index in [1.54, 1.807) is 6.07 Å². The highest BCUT2D eigenvalue weighted by Crippen LogP contribution is 2.10. The summed E-state index contributed by atoms with van der Waals surface area (Å²) in [5, 5.41) is 0. The zero-order chi connectivity index (χ0) is 15.3. The first-order chi connectivity index (χ1) is 10.2. The molecule has 126 valence electrons. The van der Waals surface area contributed by atoms with Gasteiger partial charge in [0.1, 0.15) is 12.1 Å². The molecule has 1 aromatic heterocycles. The lowest BCUT2D eigenvalue weighted by molar-refractivity contribution is -0.697. The molecule has 1 aromatic rings. The van der Waals surface area contributed by atoms with E-state index in [0.29, 0.717) is 5.56 Å². The van der Waals surface area contributed by atoms with Crippen LogP contribution >= 0.6 is 12.4 Å². The molecule has 0 aliphatic rings. The van der Waals surface area contributed by atoms with Crippen LogP contribution in [0.2, 0.25) is 0 Å². The van der Waals surface area contributed by atoms with Gasteiger partial charge in [0.15, 0.2) is 12.4 Å². The van der Waals surface area contributed by atoms with Crippen LogP contribution in [-0.4, -0.2) is 5.91 Å². The molecule has 0 aromatic carbocycles. The van der Waals surface area contributed by atoms with E-state index in [0.717, 1.165) is 6.54 Å². The van der Waals surface area contributed by atoms with Gasteiger partial charge in [-0.3, -0.25) is 4.79 Å². The molecular weight excluding hydrogens is 296 g/mol. The molecular formula is C18H32ClN2O+. The summed E-state index contributed by atoms with van der Waals surface area (Å²) in [4.78, 5) is 11.1. The van der Waals surface area contributed by atoms with Gasteiger partial charge in [0, 0.05) is 12.5 Å². The second-order valence-corrected chi connectivity index (χ2v) is 5.88. The first-order valence-electron chi connectivity index (χ1n) is 8.53. The topological polar surface area (TPSA) is 47.0 Å². The van der Waals surface area contributed by atoms with Crippen molar-refractivity contribution in [1.29, 1.82) is 0 Å². The molecule has 0 unspecified atom stereocenters. The molecule has 0 atom stereocenters. The summed E-state index contributed by atoms with van der Waals surface area (Å²) in [5.41, 5.74) is 5.87. The maximum atomic E-state index is 11.1. The van der Waals surface area contributed by atoms with Crippen LogP contribution in [0, 0.1) is 0 Å². The van der Waals surface area contributed by atoms with Crippen LogP contribution in [0.15, 0.2) is 24.5 Å². The molecule has 4 heteroatoms. The maximum absolute atomic E-state index is 11.1. The summed E-state index contributed by atoms with van der Waals surface area (Å²) in [6, 6.07) is 3.65. The molecule has 1 heterocycles. The van der Waals surface area contributed by atoms with E-state index in [9.17, 15) is 4.79 Å². The number of primary amides is 1. The van der Waals surface area contributed by atoms with E-state index in [1.165, 1.54) is 64.2 Å². The van der Waals surface area contributed by atoms with Crippen LogP contribution in [0.25, 0.3) is 0 Å². The number of rotatable bonds is 12. The average molecular weight is 328 g/mol. The van der Waals surface area contributed by atoms with Gasteiger partial charge in [-0.15, -0.1) is 12.4 Å². The number of aryl methyl sites for hydroxylation is 1. The summed E-state index contributed by atoms with van der Waals surface area (Å²) in [7, 11) is 0. The molecule has 0 bridgehead atoms. The number of amides is 1. The highest BCUT2D eigenvalue weighted by atomic mass is 35.5. The number of hydrogen-bond donors (Lipinski definition) is 1. The summed E-state index contributed by atoms with van der Waals surface area (Å²) in [6.45, 7) is 3.23. The summed E-state index contributed by atoms with van der Waals surface area (Å²) >= 11 is 0. The molecule has 0 aliphatic heterocycles. The molecule has 1 rings (SSSR count). The molecule has 2 N–H and O–H groups in total. The Hall–Kier alpha value is -1.09. The Balaban J connectivity index is 0.00000441. The number of carbonyl (C=O) groups is 1. The zero-order valence-corrected chi connectivity index (χ0v) is 14.7. The second-order valence-electron chi connectivity index (χ2n) is 5.88. The highest BCUT2D eigenvalue weighted by Gasteiger charge is 2.06. The van der Waals surface area contributed by atoms with E-state index in [4.69, 9.17) is 5.73 Å². The van der Waals surface area contributed by atoms with Gasteiger partial charge >= 0.3 is 0 Å². The van der Waals surface area contributed by atoms with Crippen LogP contribution in [0.1, 0.15) is 81.5 Å². The minimum absolute atomic E-state index is 0. The number of aromatic nitrogens is 1. The lowest BCUT2D eigenvalue weighted by atomic mass is 10.1. The van der Waals surface area contributed by atoms with Crippen molar-refractivity contribution < 1.29 is 9.36 Å². The van der Waals surface area contributed by atoms with E-state index < -0.39 is 0 Å². The summed E-state index contributed by atoms with van der Waals surface area (Å²) in [5.74, 6) is -0.354. The third-order valence-corrected chi connectivity index (χ3v) is 3.91. The van der Waals surface area contributed by atoms with Crippen molar-refractivity contribution in [3.63, 3.8) is 0 Å². The fraction of sp³-hybridized carbons (Fsp3) is 0.667. The smallest absolute Gasteiger partial charge is 0.254 e. The van der Waals surface area contributed by atoms with Crippen molar-refractivity contribution in [3.8, 4) is 0 Å². The SMILES string of the molecule is CCCCCCCCCCCC[n+]1cccc(C(N)=O)c1.Cl. The maximum Gasteiger partial charge on any atom is 0.254 e. The molecule has 0 spiro atoms. The third-order valence-electron chi connectivity index (χ3n) is 3.91. The molecule has 0 radical (unpaired) electrons. The number of pyridine rings is 1. The number of hydrogen-bond acceptors (Lipinski definition) is 1. The van der Waals surface area contributed by atoms with E-state index >= 15 is 0 Å². The quantitative estimate of drug-likeness (QED) is 0.448. The number of unbranched alkanes of at least 4 members (excludes halogenated alkanes) is 9. The molecule has 0 aliphatic carbocycles. The number of nitrogens with two attached hydrogens (primary N) is 1. The largest absolute Gasteiger partial charge is 0.365 e. The Kier molecular flexibility index (Phi) is 12.9. The fourth-order valence-corrected chi connectivity index (χ4v) is 2.59. The molecule has 3 nitrogen and oxygen atoms in total. The van der Waals surface area contributed by atoms with Crippen molar-refractivity contribution in [2.24, 2.45) is 5.73 Å². The minimum Gasteiger partial charge on any atom is -0.365 e. The molecule has 1 amide bonds. The lowest BCUT2D eigenvalue weighted by Crippen LogP contribution is -2.34. The molecule has 0 fully saturated rings. The molecule has 0 saturated carbocycles. The van der Waals surface area contributed by atoms with Gasteiger partial charge in [-0.25, -0.2) is 4.57 Å². The second kappa shape index (κ2) is 13.6. The van der Waals surface area contributed by atoms with Crippen LogP contribution in [0.4, 0.5) is 0 Å². The van der Waals surface area contributed by atoms with Crippen LogP contribution in [0.3, 0.4) is 0 Å². The standard InChI is InChI=1S/C18H30N2O.ClH/c1-2-3-4-5-6-7-8-9-10-11-14-20-15-12-13-17(16-20)18(19)21;/h12-13,15-16H,2-11,14H2,1H3,(H-,19,21);1H/p+1. The summed E-state index contributed by atoms with van der Waals surface area (Å²) in [6.07, 6.45) is 17.3. The van der Waals surface area contributed by atoms with E-state index in [-0.39, 0.29) is 18.3 Å². The number of carbonyl (C=O) groups excluding carboxylic acids is 1. The van der Waals surface area contributed by atoms with Crippen molar-refractivity contribution in [1.82, 2.24) is 0 Å². The summed E-state index contributed by atoms with van der Waals surface area (Å²) < 4.78 is 2.06. The van der Waals surface area contributed by atoms with Gasteiger partial charge in [-0.1, -0.05) is 58.3 Å². The van der Waals surface area contributed by atoms with Gasteiger partial charge in [0.05, 0.1) is 0 Å². The third kappa shape index (κ3) is 9.78. The van der Waals surface area contributed by atoms with Gasteiger partial charge in [0.25, 0.3) is 5.91 Å². The van der Waals surface area contributed by atoms with Crippen molar-refractivity contribution in [3.05, 3.63) is 30.1 Å². The Labute approximate surface area is 141 Å². The lowest BCUT2D eigenvalue weighted by Gasteiger charge is -2.01. The van der Waals surface area contributed by atoms with Crippen molar-refractivity contribution in [2.75, 3.05) is 0 Å². The minimum atomic E-state index is -0.354. The monoisotopic (exact) mass is 327 g/mol. The van der Waals surface area contributed by atoms with Gasteiger partial charge in [0.2, 0.25) is 0 Å². The molecule has 22 heavy (non-hydrogen) atoms. The fourth-order valence-electron chi connectivity index (χ4n) is 2.59. The Morgan fingerprint density at radius 1 is 1.00 bits per heavy atom. The predicted molar refractivity (Wildman–Crippen MR) is 94.2 cm³/mol. The number of halogens is 1. The van der Waals surface area contributed by atoms with Crippen LogP contribution in [-0.2, 0) is 6.54 Å². The van der Waals surface area contributed by atoms with Crippen molar-refractivity contribution >= 4 is 18.3 Å². The highest BCUT2D eigenvalue weighted by molar-refractivity contribution is 5.92. The zero-order valence-electron chi connectivity index (χ0n) is 13.9. The van der Waals surface area contributed by atoms with Gasteiger partial charge in [-0.05, 0) is 12.5 Å². The first-order valence-corrected chi connectivity index (χ1v) is 8.53. The normalized spacial score (nSPS) is 10.2. The van der Waals surface area contributed by atoms with Crippen LogP contribution in [0.5, 0.6) is 0 Å². The van der Waals surface area contributed by atoms with E-state index in [1.807, 2.05) is 18.5 Å². The average Bonchev–Trinajstić information content (AvgIpc) is 2.49. The number of nitrogens with zero attached hydrogens (tertiary/aromatic N) is 1. The predicted octanol–water partition coefficient (Wildman–Crippen LogP) is 4.42. The Morgan fingerprint density at radius 2 is 1.55 bits per heavy atom. The Bertz CT molecular complexity index is 410. The van der Waals surface area contributed by atoms with E-state index in [2.05, 4.69) is 11.5 Å². The van der Waals surface area contributed by atoms with Gasteiger partial charge in [-0.2, -0.15) is 0 Å². The van der Waals surface area contributed by atoms with Crippen molar-refractivity contribution in [2.45, 2.75) is 77.7 Å². The molecule has 0 saturated heterocycles. The van der Waals surface area contributed by atoms with Crippen LogP contribution < -0.4 is 10.3 Å².